The molecule has 2 aromatic heterocycles. The van der Waals surface area contributed by atoms with Gasteiger partial charge >= 0.3 is 0 Å². The van der Waals surface area contributed by atoms with Crippen LogP contribution in [-0.4, -0.2) is 9.55 Å². The Hall–Kier alpha value is -0.550. The van der Waals surface area contributed by atoms with Gasteiger partial charge in [0, 0.05) is 7.05 Å². The maximum Gasteiger partial charge on any atom is 0.137 e. The lowest BCUT2D eigenvalue weighted by atomic mass is 10.4. The number of aromatic nitrogens is 2. The summed E-state index contributed by atoms with van der Waals surface area (Å²) in [5, 5.41) is 0.592. The van der Waals surface area contributed by atoms with Crippen molar-refractivity contribution in [3.05, 3.63) is 27.4 Å². The molecule has 6 heteroatoms. The summed E-state index contributed by atoms with van der Waals surface area (Å²) in [5.41, 5.74) is 6.30. The van der Waals surface area contributed by atoms with Gasteiger partial charge in [0.05, 0.1) is 15.8 Å². The number of nitrogens with two attached hydrogens (primary N) is 1. The van der Waals surface area contributed by atoms with Crippen LogP contribution in [0.25, 0.3) is 10.6 Å². The van der Waals surface area contributed by atoms with Gasteiger partial charge in [-0.15, -0.1) is 11.3 Å². The minimum Gasteiger partial charge on any atom is -0.324 e. The Labute approximate surface area is 101 Å². The van der Waals surface area contributed by atoms with Crippen LogP contribution in [0.5, 0.6) is 0 Å². The number of hydrogen-bond donors (Lipinski definition) is 1. The van der Waals surface area contributed by atoms with Gasteiger partial charge in [0.25, 0.3) is 0 Å². The van der Waals surface area contributed by atoms with Crippen LogP contribution in [0.4, 0.5) is 0 Å². The lowest BCUT2D eigenvalue weighted by Gasteiger charge is -1.96. The molecule has 0 aliphatic heterocycles. The smallest absolute Gasteiger partial charge is 0.137 e. The topological polar surface area (TPSA) is 43.8 Å². The molecule has 0 radical (unpaired) electrons. The first kappa shape index (κ1) is 11.0. The molecule has 2 rings (SSSR count). The van der Waals surface area contributed by atoms with E-state index in [9.17, 15) is 0 Å². The van der Waals surface area contributed by atoms with Crippen LogP contribution in [0.15, 0.2) is 12.1 Å². The highest BCUT2D eigenvalue weighted by Crippen LogP contribution is 2.34. The fourth-order valence-corrected chi connectivity index (χ4v) is 2.63. The highest BCUT2D eigenvalue weighted by atomic mass is 35.5. The van der Waals surface area contributed by atoms with Crippen LogP contribution in [0, 0.1) is 0 Å². The van der Waals surface area contributed by atoms with Gasteiger partial charge in [0.1, 0.15) is 16.7 Å². The van der Waals surface area contributed by atoms with Gasteiger partial charge in [-0.05, 0) is 12.1 Å². The van der Waals surface area contributed by atoms with Crippen molar-refractivity contribution in [3.63, 3.8) is 0 Å². The second-order valence-corrected chi connectivity index (χ2v) is 5.11. The molecule has 15 heavy (non-hydrogen) atoms. The fourth-order valence-electron chi connectivity index (χ4n) is 1.30. The summed E-state index contributed by atoms with van der Waals surface area (Å²) in [6, 6.07) is 3.73. The Balaban J connectivity index is 2.53. The predicted molar refractivity (Wildman–Crippen MR) is 64.4 cm³/mol. The van der Waals surface area contributed by atoms with Gasteiger partial charge in [0.15, 0.2) is 0 Å². The summed E-state index contributed by atoms with van der Waals surface area (Å²) in [4.78, 5) is 5.33. The van der Waals surface area contributed by atoms with Crippen LogP contribution in [-0.2, 0) is 13.6 Å². The first-order chi connectivity index (χ1) is 7.13. The molecule has 0 spiro atoms. The zero-order chi connectivity index (χ0) is 11.0. The molecular weight excluding hydrogens is 253 g/mol. The third kappa shape index (κ3) is 1.90. The monoisotopic (exact) mass is 261 g/mol. The molecule has 0 atom stereocenters. The van der Waals surface area contributed by atoms with E-state index in [1.54, 1.807) is 4.57 Å². The summed E-state index contributed by atoms with van der Waals surface area (Å²) in [7, 11) is 1.84. The number of imidazole rings is 1. The van der Waals surface area contributed by atoms with Crippen LogP contribution < -0.4 is 5.73 Å². The van der Waals surface area contributed by atoms with Crippen molar-refractivity contribution in [3.8, 4) is 10.6 Å². The number of thiophene rings is 1. The highest BCUT2D eigenvalue weighted by molar-refractivity contribution is 7.19. The summed E-state index contributed by atoms with van der Waals surface area (Å²) < 4.78 is 2.51. The molecule has 0 amide bonds. The largest absolute Gasteiger partial charge is 0.324 e. The van der Waals surface area contributed by atoms with Gasteiger partial charge in [-0.2, -0.15) is 0 Å². The second-order valence-electron chi connectivity index (χ2n) is 3.03. The third-order valence-corrected chi connectivity index (χ3v) is 3.78. The van der Waals surface area contributed by atoms with Crippen LogP contribution in [0.2, 0.25) is 9.49 Å². The Bertz CT molecular complexity index is 490. The van der Waals surface area contributed by atoms with Crippen molar-refractivity contribution in [1.29, 1.82) is 0 Å². The van der Waals surface area contributed by atoms with E-state index >= 15 is 0 Å². The molecule has 0 fully saturated rings. The van der Waals surface area contributed by atoms with E-state index in [-0.39, 0.29) is 0 Å². The van der Waals surface area contributed by atoms with E-state index in [0.29, 0.717) is 11.7 Å². The minimum atomic E-state index is 0.370. The Morgan fingerprint density at radius 3 is 2.67 bits per heavy atom. The van der Waals surface area contributed by atoms with E-state index in [1.165, 1.54) is 11.3 Å². The molecule has 0 aromatic carbocycles. The SMILES string of the molecule is Cn1c(CN)nc(-c2ccc(Cl)s2)c1Cl. The summed E-state index contributed by atoms with van der Waals surface area (Å²) >= 11 is 13.5. The average molecular weight is 262 g/mol. The van der Waals surface area contributed by atoms with Gasteiger partial charge < -0.3 is 10.3 Å². The molecule has 0 saturated carbocycles. The molecule has 0 aliphatic rings. The Kier molecular flexibility index (Phi) is 3.02. The lowest BCUT2D eigenvalue weighted by Crippen LogP contribution is -2.04. The predicted octanol–water partition coefficient (Wildman–Crippen LogP) is 2.91. The van der Waals surface area contributed by atoms with Crippen molar-refractivity contribution < 1.29 is 0 Å². The van der Waals surface area contributed by atoms with Crippen LogP contribution in [0.3, 0.4) is 0 Å². The fraction of sp³-hybridized carbons (Fsp3) is 0.222. The maximum absolute atomic E-state index is 6.14. The van der Waals surface area contributed by atoms with Crippen molar-refractivity contribution in [2.75, 3.05) is 0 Å². The van der Waals surface area contributed by atoms with Gasteiger partial charge in [-0.25, -0.2) is 4.98 Å². The quantitative estimate of drug-likeness (QED) is 0.904. The van der Waals surface area contributed by atoms with Crippen molar-refractivity contribution >= 4 is 34.5 Å². The molecular formula is C9H9Cl2N3S. The Morgan fingerprint density at radius 1 is 1.47 bits per heavy atom. The van der Waals surface area contributed by atoms with E-state index in [1.807, 2.05) is 19.2 Å². The van der Waals surface area contributed by atoms with E-state index < -0.39 is 0 Å². The molecule has 0 saturated heterocycles. The molecule has 80 valence electrons. The van der Waals surface area contributed by atoms with Gasteiger partial charge in [-0.1, -0.05) is 23.2 Å². The molecule has 0 aliphatic carbocycles. The maximum atomic E-state index is 6.14. The van der Waals surface area contributed by atoms with E-state index in [0.717, 1.165) is 20.7 Å². The van der Waals surface area contributed by atoms with Crippen LogP contribution >= 0.6 is 34.5 Å². The van der Waals surface area contributed by atoms with Gasteiger partial charge in [0.2, 0.25) is 0 Å². The zero-order valence-electron chi connectivity index (χ0n) is 8.00. The molecule has 2 N–H and O–H groups in total. The number of nitrogens with zero attached hydrogens (tertiary/aromatic N) is 2. The first-order valence-electron chi connectivity index (χ1n) is 4.30. The summed E-state index contributed by atoms with van der Waals surface area (Å²) in [6.07, 6.45) is 0. The van der Waals surface area contributed by atoms with Crippen LogP contribution in [0.1, 0.15) is 5.82 Å². The number of halogens is 2. The number of hydrogen-bond acceptors (Lipinski definition) is 3. The highest BCUT2D eigenvalue weighted by Gasteiger charge is 2.14. The van der Waals surface area contributed by atoms with E-state index in [4.69, 9.17) is 28.9 Å². The molecule has 0 unspecified atom stereocenters. The normalized spacial score (nSPS) is 10.9. The van der Waals surface area contributed by atoms with E-state index in [2.05, 4.69) is 4.98 Å². The number of rotatable bonds is 2. The van der Waals surface area contributed by atoms with Crippen molar-refractivity contribution in [2.24, 2.45) is 12.8 Å². The lowest BCUT2D eigenvalue weighted by molar-refractivity contribution is 0.794. The average Bonchev–Trinajstić information content (AvgIpc) is 2.74. The minimum absolute atomic E-state index is 0.370. The zero-order valence-corrected chi connectivity index (χ0v) is 10.3. The Morgan fingerprint density at radius 2 is 2.20 bits per heavy atom. The summed E-state index contributed by atoms with van der Waals surface area (Å²) in [5.74, 6) is 0.763. The second kappa shape index (κ2) is 4.14. The standard InChI is InChI=1S/C9H9Cl2N3S/c1-14-7(4-12)13-8(9(14)11)5-2-3-6(10)15-5/h2-3H,4,12H2,1H3. The first-order valence-corrected chi connectivity index (χ1v) is 5.87. The summed E-state index contributed by atoms with van der Waals surface area (Å²) in [6.45, 7) is 0.370. The molecule has 0 bridgehead atoms. The van der Waals surface area contributed by atoms with Gasteiger partial charge in [-0.3, -0.25) is 0 Å². The molecule has 2 heterocycles. The van der Waals surface area contributed by atoms with Crippen molar-refractivity contribution in [1.82, 2.24) is 9.55 Å². The van der Waals surface area contributed by atoms with Crippen molar-refractivity contribution in [2.45, 2.75) is 6.54 Å². The third-order valence-electron chi connectivity index (χ3n) is 2.11. The molecule has 3 nitrogen and oxygen atoms in total. The molecule has 2 aromatic rings.